The van der Waals surface area contributed by atoms with Gasteiger partial charge < -0.3 is 0 Å². The normalized spacial score (nSPS) is 16.8. The third-order valence-electron chi connectivity index (χ3n) is 3.94. The number of Topliss-reactive ketones (excluding diaryl/α,β-unsaturated/α-hetero) is 1. The van der Waals surface area contributed by atoms with Crippen LogP contribution in [0.3, 0.4) is 0 Å². The third kappa shape index (κ3) is 3.23. The molecule has 0 spiro atoms. The predicted molar refractivity (Wildman–Crippen MR) is 77.7 cm³/mol. The fourth-order valence-electron chi connectivity index (χ4n) is 2.52. The summed E-state index contributed by atoms with van der Waals surface area (Å²) < 4.78 is 14.0. The van der Waals surface area contributed by atoms with E-state index in [0.29, 0.717) is 0 Å². The topological polar surface area (TPSA) is 20.3 Å². The Morgan fingerprint density at radius 1 is 1.37 bits per heavy atom. The van der Waals surface area contributed by atoms with Crippen molar-refractivity contribution >= 4 is 21.7 Å². The molecule has 4 heteroatoms. The Morgan fingerprint density at radius 2 is 2.00 bits per heavy atom. The van der Waals surface area contributed by atoms with Crippen molar-refractivity contribution in [2.45, 2.75) is 38.6 Å². The first kappa shape index (κ1) is 14.7. The molecule has 1 heterocycles. The molecule has 1 aromatic rings. The predicted octanol–water partition coefficient (Wildman–Crippen LogP) is 3.57. The fourth-order valence-corrected chi connectivity index (χ4v) is 2.91. The summed E-state index contributed by atoms with van der Waals surface area (Å²) in [5.74, 6) is -0.161. The van der Waals surface area contributed by atoms with E-state index in [9.17, 15) is 9.18 Å². The molecule has 0 aliphatic carbocycles. The van der Waals surface area contributed by atoms with Gasteiger partial charge in [0.15, 0.2) is 5.78 Å². The number of ketones is 1. The lowest BCUT2D eigenvalue weighted by atomic mass is 9.92. The Balaban J connectivity index is 2.13. The number of likely N-dealkylation sites (tertiary alicyclic amines) is 1. The Hall–Kier alpha value is -0.740. The molecular weight excluding hydrogens is 309 g/mol. The molecule has 1 aliphatic heterocycles. The van der Waals surface area contributed by atoms with Gasteiger partial charge in [0.1, 0.15) is 5.82 Å². The smallest absolute Gasteiger partial charge is 0.156 e. The number of rotatable bonds is 4. The summed E-state index contributed by atoms with van der Waals surface area (Å²) in [5, 5.41) is 0. The van der Waals surface area contributed by atoms with E-state index in [-0.39, 0.29) is 18.0 Å². The van der Waals surface area contributed by atoms with Crippen molar-refractivity contribution in [2.75, 3.05) is 13.1 Å². The molecule has 0 bridgehead atoms. The van der Waals surface area contributed by atoms with Gasteiger partial charge in [-0.1, -0.05) is 15.9 Å². The molecule has 2 rings (SSSR count). The molecule has 1 saturated heterocycles. The van der Waals surface area contributed by atoms with E-state index in [1.54, 1.807) is 6.07 Å². The minimum Gasteiger partial charge on any atom is -0.297 e. The summed E-state index contributed by atoms with van der Waals surface area (Å²) in [5.41, 5.74) is 0.250. The zero-order valence-electron chi connectivity index (χ0n) is 11.4. The Morgan fingerprint density at radius 3 is 2.63 bits per heavy atom. The second kappa shape index (κ2) is 5.71. The summed E-state index contributed by atoms with van der Waals surface area (Å²) >= 11 is 3.38. The van der Waals surface area contributed by atoms with Gasteiger partial charge in [0, 0.05) is 10.9 Å². The Labute approximate surface area is 122 Å². The highest BCUT2D eigenvalue weighted by Gasteiger charge is 2.35. The number of hydrogen-bond acceptors (Lipinski definition) is 2. The van der Waals surface area contributed by atoms with Gasteiger partial charge >= 0.3 is 0 Å². The van der Waals surface area contributed by atoms with E-state index in [0.717, 1.165) is 36.0 Å². The number of benzene rings is 1. The van der Waals surface area contributed by atoms with Gasteiger partial charge in [-0.25, -0.2) is 4.39 Å². The number of hydrogen-bond donors (Lipinski definition) is 0. The van der Waals surface area contributed by atoms with Crippen LogP contribution >= 0.6 is 15.9 Å². The molecular formula is C15H19BrFNO. The fraction of sp³-hybridized carbons (Fsp3) is 0.533. The molecule has 0 unspecified atom stereocenters. The molecule has 1 fully saturated rings. The van der Waals surface area contributed by atoms with Gasteiger partial charge in [0.25, 0.3) is 0 Å². The first-order chi connectivity index (χ1) is 8.91. The molecule has 1 aromatic carbocycles. The van der Waals surface area contributed by atoms with Gasteiger partial charge in [-0.2, -0.15) is 0 Å². The van der Waals surface area contributed by atoms with Crippen LogP contribution < -0.4 is 0 Å². The lowest BCUT2D eigenvalue weighted by Gasteiger charge is -2.34. The average molecular weight is 328 g/mol. The van der Waals surface area contributed by atoms with Gasteiger partial charge in [-0.05, 0) is 63.5 Å². The highest BCUT2D eigenvalue weighted by molar-refractivity contribution is 9.10. The lowest BCUT2D eigenvalue weighted by Crippen LogP contribution is -2.49. The van der Waals surface area contributed by atoms with Gasteiger partial charge in [-0.3, -0.25) is 9.69 Å². The molecule has 0 saturated carbocycles. The average Bonchev–Trinajstić information content (AvgIpc) is 2.88. The van der Waals surface area contributed by atoms with Crippen LogP contribution in [0.15, 0.2) is 22.7 Å². The highest BCUT2D eigenvalue weighted by Crippen LogP contribution is 2.25. The van der Waals surface area contributed by atoms with Crippen molar-refractivity contribution in [3.8, 4) is 0 Å². The maximum atomic E-state index is 13.3. The molecule has 19 heavy (non-hydrogen) atoms. The lowest BCUT2D eigenvalue weighted by molar-refractivity contribution is -0.128. The van der Waals surface area contributed by atoms with E-state index in [1.807, 2.05) is 13.8 Å². The molecule has 0 radical (unpaired) electrons. The third-order valence-corrected chi connectivity index (χ3v) is 4.71. The van der Waals surface area contributed by atoms with Gasteiger partial charge in [-0.15, -0.1) is 0 Å². The maximum absolute atomic E-state index is 13.3. The van der Waals surface area contributed by atoms with Crippen LogP contribution in [0, 0.1) is 5.82 Å². The van der Waals surface area contributed by atoms with Crippen LogP contribution in [0.5, 0.6) is 0 Å². The standard InChI is InChI=1S/C15H19BrFNO/c1-15(2,18-7-3-4-8-18)14(19)10-11-9-12(17)5-6-13(11)16/h5-6,9H,3-4,7-8,10H2,1-2H3. The largest absolute Gasteiger partial charge is 0.297 e. The second-order valence-electron chi connectivity index (χ2n) is 5.59. The molecule has 0 aromatic heterocycles. The van der Waals surface area contributed by atoms with Crippen LogP contribution in [-0.4, -0.2) is 29.3 Å². The minimum absolute atomic E-state index is 0.140. The number of carbonyl (C=O) groups excluding carboxylic acids is 1. The van der Waals surface area contributed by atoms with Crippen molar-refractivity contribution in [2.24, 2.45) is 0 Å². The van der Waals surface area contributed by atoms with Gasteiger partial charge in [0.05, 0.1) is 5.54 Å². The Bertz CT molecular complexity index is 481. The van der Waals surface area contributed by atoms with Crippen molar-refractivity contribution in [3.05, 3.63) is 34.1 Å². The van der Waals surface area contributed by atoms with Crippen LogP contribution in [0.25, 0.3) is 0 Å². The summed E-state index contributed by atoms with van der Waals surface area (Å²) in [4.78, 5) is 14.7. The molecule has 2 nitrogen and oxygen atoms in total. The minimum atomic E-state index is -0.470. The molecule has 1 aliphatic rings. The second-order valence-corrected chi connectivity index (χ2v) is 6.44. The molecule has 0 atom stereocenters. The first-order valence-corrected chi connectivity index (χ1v) is 7.43. The number of halogens is 2. The summed E-state index contributed by atoms with van der Waals surface area (Å²) in [7, 11) is 0. The zero-order valence-corrected chi connectivity index (χ0v) is 13.0. The van der Waals surface area contributed by atoms with E-state index in [4.69, 9.17) is 0 Å². The Kier molecular flexibility index (Phi) is 4.41. The highest BCUT2D eigenvalue weighted by atomic mass is 79.9. The molecule has 104 valence electrons. The summed E-state index contributed by atoms with van der Waals surface area (Å²) in [6, 6.07) is 4.48. The molecule has 0 N–H and O–H groups in total. The van der Waals surface area contributed by atoms with E-state index in [1.165, 1.54) is 12.1 Å². The van der Waals surface area contributed by atoms with Gasteiger partial charge in [0.2, 0.25) is 0 Å². The molecule has 0 amide bonds. The maximum Gasteiger partial charge on any atom is 0.156 e. The van der Waals surface area contributed by atoms with E-state index < -0.39 is 5.54 Å². The van der Waals surface area contributed by atoms with Crippen LogP contribution in [0.2, 0.25) is 0 Å². The monoisotopic (exact) mass is 327 g/mol. The number of nitrogens with zero attached hydrogens (tertiary/aromatic N) is 1. The van der Waals surface area contributed by atoms with Crippen LogP contribution in [0.4, 0.5) is 4.39 Å². The van der Waals surface area contributed by atoms with Crippen molar-refractivity contribution in [3.63, 3.8) is 0 Å². The first-order valence-electron chi connectivity index (χ1n) is 6.63. The number of carbonyl (C=O) groups is 1. The summed E-state index contributed by atoms with van der Waals surface area (Å²) in [6.07, 6.45) is 2.57. The van der Waals surface area contributed by atoms with Crippen molar-refractivity contribution < 1.29 is 9.18 Å². The van der Waals surface area contributed by atoms with E-state index >= 15 is 0 Å². The van der Waals surface area contributed by atoms with Crippen molar-refractivity contribution in [1.82, 2.24) is 4.90 Å². The van der Waals surface area contributed by atoms with Crippen molar-refractivity contribution in [1.29, 1.82) is 0 Å². The SMILES string of the molecule is CC(C)(C(=O)Cc1cc(F)ccc1Br)N1CCCC1. The van der Waals surface area contributed by atoms with Crippen LogP contribution in [0.1, 0.15) is 32.3 Å². The van der Waals surface area contributed by atoms with E-state index in [2.05, 4.69) is 20.8 Å². The zero-order chi connectivity index (χ0) is 14.0. The van der Waals surface area contributed by atoms with Crippen LogP contribution in [-0.2, 0) is 11.2 Å². The quantitative estimate of drug-likeness (QED) is 0.842. The summed E-state index contributed by atoms with van der Waals surface area (Å²) in [6.45, 7) is 5.88.